The number of benzene rings is 2. The fourth-order valence-electron chi connectivity index (χ4n) is 3.49. The molecule has 3 aromatic rings. The smallest absolute Gasteiger partial charge is 0.273 e. The lowest BCUT2D eigenvalue weighted by Gasteiger charge is -2.36. The molecule has 1 aliphatic rings. The van der Waals surface area contributed by atoms with Crippen LogP contribution in [-0.2, 0) is 0 Å². The molecule has 2 heterocycles. The van der Waals surface area contributed by atoms with Gasteiger partial charge in [0.05, 0.1) is 25.6 Å². The number of aromatic hydroxyl groups is 1. The number of methoxy groups -OCH3 is 2. The summed E-state index contributed by atoms with van der Waals surface area (Å²) in [6.45, 7) is 2.45. The van der Waals surface area contributed by atoms with Gasteiger partial charge in [-0.2, -0.15) is 0 Å². The van der Waals surface area contributed by atoms with Crippen LogP contribution in [0.2, 0.25) is 0 Å². The molecule has 2 N–H and O–H groups in total. The van der Waals surface area contributed by atoms with Crippen molar-refractivity contribution in [3.05, 3.63) is 53.5 Å². The van der Waals surface area contributed by atoms with Gasteiger partial charge in [-0.25, -0.2) is 4.98 Å². The van der Waals surface area contributed by atoms with E-state index in [0.717, 1.165) is 11.4 Å². The third kappa shape index (κ3) is 4.51. The second-order valence-electron chi connectivity index (χ2n) is 7.00. The molecule has 1 aromatic heterocycles. The minimum absolute atomic E-state index is 0.0945. The van der Waals surface area contributed by atoms with Crippen LogP contribution in [0.1, 0.15) is 10.5 Å². The molecule has 162 valence electrons. The molecule has 1 amide bonds. The molecule has 9 heteroatoms. The minimum Gasteiger partial charge on any atom is -0.506 e. The van der Waals surface area contributed by atoms with Gasteiger partial charge in [0.25, 0.3) is 5.91 Å². The Morgan fingerprint density at radius 3 is 2.58 bits per heavy atom. The number of piperazine rings is 1. The second kappa shape index (κ2) is 9.13. The largest absolute Gasteiger partial charge is 0.506 e. The molecule has 1 aliphatic heterocycles. The van der Waals surface area contributed by atoms with E-state index in [1.807, 2.05) is 24.3 Å². The highest BCUT2D eigenvalue weighted by atomic mass is 32.1. The quantitative estimate of drug-likeness (QED) is 0.606. The number of anilines is 3. The van der Waals surface area contributed by atoms with E-state index in [1.54, 1.807) is 42.7 Å². The van der Waals surface area contributed by atoms with E-state index >= 15 is 0 Å². The van der Waals surface area contributed by atoms with Crippen molar-refractivity contribution in [2.75, 3.05) is 50.6 Å². The lowest BCUT2D eigenvalue weighted by atomic mass is 10.2. The van der Waals surface area contributed by atoms with Gasteiger partial charge in [0.2, 0.25) is 0 Å². The van der Waals surface area contributed by atoms with E-state index in [4.69, 9.17) is 9.47 Å². The molecular formula is C22H24N4O4S. The maximum absolute atomic E-state index is 12.9. The first kappa shape index (κ1) is 20.8. The molecule has 0 radical (unpaired) electrons. The van der Waals surface area contributed by atoms with E-state index in [-0.39, 0.29) is 11.7 Å². The average Bonchev–Trinajstić information content (AvgIpc) is 3.28. The molecule has 8 nitrogen and oxygen atoms in total. The highest BCUT2D eigenvalue weighted by molar-refractivity contribution is 7.14. The van der Waals surface area contributed by atoms with Gasteiger partial charge in [0.15, 0.2) is 5.13 Å². The van der Waals surface area contributed by atoms with Crippen molar-refractivity contribution in [3.8, 4) is 17.2 Å². The van der Waals surface area contributed by atoms with Gasteiger partial charge in [-0.3, -0.25) is 4.79 Å². The SMILES string of the molecule is COc1ccc(Nc2nc(C(=O)N3CCN(c4ccccc4O)CC3)cs2)c(OC)c1. The number of phenolic OH excluding ortho intramolecular Hbond substituents is 1. The number of hydrogen-bond acceptors (Lipinski definition) is 8. The van der Waals surface area contributed by atoms with Crippen molar-refractivity contribution in [1.29, 1.82) is 0 Å². The Kier molecular flexibility index (Phi) is 6.13. The Bertz CT molecular complexity index is 1060. The molecule has 1 saturated heterocycles. The summed E-state index contributed by atoms with van der Waals surface area (Å²) in [5.74, 6) is 1.48. The number of hydrogen-bond donors (Lipinski definition) is 2. The maximum atomic E-state index is 12.9. The molecule has 1 fully saturated rings. The summed E-state index contributed by atoms with van der Waals surface area (Å²) in [6, 6.07) is 12.7. The lowest BCUT2D eigenvalue weighted by molar-refractivity contribution is 0.0741. The summed E-state index contributed by atoms with van der Waals surface area (Å²) in [5.41, 5.74) is 1.95. The maximum Gasteiger partial charge on any atom is 0.273 e. The zero-order chi connectivity index (χ0) is 21.8. The number of carbonyl (C=O) groups excluding carboxylic acids is 1. The number of nitrogens with zero attached hydrogens (tertiary/aromatic N) is 3. The van der Waals surface area contributed by atoms with Crippen molar-refractivity contribution in [2.45, 2.75) is 0 Å². The first-order chi connectivity index (χ1) is 15.1. The van der Waals surface area contributed by atoms with E-state index < -0.39 is 0 Å². The lowest BCUT2D eigenvalue weighted by Crippen LogP contribution is -2.48. The third-order valence-corrected chi connectivity index (χ3v) is 5.92. The van der Waals surface area contributed by atoms with Crippen LogP contribution in [-0.4, -0.2) is 61.3 Å². The Morgan fingerprint density at radius 1 is 1.10 bits per heavy atom. The normalized spacial score (nSPS) is 13.7. The zero-order valence-corrected chi connectivity index (χ0v) is 18.2. The Labute approximate surface area is 184 Å². The van der Waals surface area contributed by atoms with Crippen molar-refractivity contribution in [3.63, 3.8) is 0 Å². The van der Waals surface area contributed by atoms with Gasteiger partial charge in [-0.15, -0.1) is 11.3 Å². The summed E-state index contributed by atoms with van der Waals surface area (Å²) >= 11 is 1.37. The van der Waals surface area contributed by atoms with E-state index in [1.165, 1.54) is 11.3 Å². The Morgan fingerprint density at radius 2 is 1.87 bits per heavy atom. The van der Waals surface area contributed by atoms with Crippen LogP contribution in [0.4, 0.5) is 16.5 Å². The third-order valence-electron chi connectivity index (χ3n) is 5.16. The van der Waals surface area contributed by atoms with Gasteiger partial charge in [0.1, 0.15) is 22.9 Å². The van der Waals surface area contributed by atoms with Crippen LogP contribution in [0.15, 0.2) is 47.8 Å². The molecule has 0 bridgehead atoms. The molecule has 2 aromatic carbocycles. The van der Waals surface area contributed by atoms with Gasteiger partial charge < -0.3 is 29.7 Å². The van der Waals surface area contributed by atoms with Crippen LogP contribution in [0, 0.1) is 0 Å². The Balaban J connectivity index is 1.39. The number of ether oxygens (including phenoxy) is 2. The molecule has 4 rings (SSSR count). The molecular weight excluding hydrogens is 416 g/mol. The van der Waals surface area contributed by atoms with Crippen molar-refractivity contribution in [1.82, 2.24) is 9.88 Å². The number of amides is 1. The van der Waals surface area contributed by atoms with Crippen molar-refractivity contribution in [2.24, 2.45) is 0 Å². The van der Waals surface area contributed by atoms with Crippen LogP contribution >= 0.6 is 11.3 Å². The number of phenols is 1. The van der Waals surface area contributed by atoms with E-state index in [9.17, 15) is 9.90 Å². The summed E-state index contributed by atoms with van der Waals surface area (Å²) in [6.07, 6.45) is 0. The van der Waals surface area contributed by atoms with E-state index in [0.29, 0.717) is 48.5 Å². The summed E-state index contributed by atoms with van der Waals surface area (Å²) in [7, 11) is 3.19. The number of rotatable bonds is 6. The monoisotopic (exact) mass is 440 g/mol. The number of thiazole rings is 1. The zero-order valence-electron chi connectivity index (χ0n) is 17.4. The van der Waals surface area contributed by atoms with Gasteiger partial charge in [0, 0.05) is 37.6 Å². The van der Waals surface area contributed by atoms with Crippen LogP contribution in [0.3, 0.4) is 0 Å². The number of para-hydroxylation sites is 2. The first-order valence-electron chi connectivity index (χ1n) is 9.86. The predicted octanol–water partition coefficient (Wildman–Crippen LogP) is 3.57. The molecule has 31 heavy (non-hydrogen) atoms. The topological polar surface area (TPSA) is 87.2 Å². The first-order valence-corrected chi connectivity index (χ1v) is 10.7. The van der Waals surface area contributed by atoms with Gasteiger partial charge in [-0.1, -0.05) is 12.1 Å². The fraction of sp³-hybridized carbons (Fsp3) is 0.273. The molecule has 0 aliphatic carbocycles. The standard InChI is InChI=1S/C22H24N4O4S/c1-29-15-7-8-16(20(13-15)30-2)23-22-24-17(14-31-22)21(28)26-11-9-25(10-12-26)18-5-3-4-6-19(18)27/h3-8,13-14,27H,9-12H2,1-2H3,(H,23,24). The molecule has 0 saturated carbocycles. The highest BCUT2D eigenvalue weighted by Gasteiger charge is 2.25. The molecule has 0 spiro atoms. The summed E-state index contributed by atoms with van der Waals surface area (Å²) < 4.78 is 10.6. The fourth-order valence-corrected chi connectivity index (χ4v) is 4.19. The predicted molar refractivity (Wildman–Crippen MR) is 121 cm³/mol. The number of carbonyl (C=O) groups is 1. The van der Waals surface area contributed by atoms with Crippen LogP contribution in [0.5, 0.6) is 17.2 Å². The van der Waals surface area contributed by atoms with Gasteiger partial charge >= 0.3 is 0 Å². The number of aromatic nitrogens is 1. The highest BCUT2D eigenvalue weighted by Crippen LogP contribution is 2.33. The Hall–Kier alpha value is -3.46. The van der Waals surface area contributed by atoms with Crippen molar-refractivity contribution >= 4 is 33.8 Å². The molecule has 0 atom stereocenters. The summed E-state index contributed by atoms with van der Waals surface area (Å²) in [5, 5.41) is 15.6. The average molecular weight is 441 g/mol. The van der Waals surface area contributed by atoms with Crippen LogP contribution in [0.25, 0.3) is 0 Å². The van der Waals surface area contributed by atoms with Gasteiger partial charge in [-0.05, 0) is 24.3 Å². The van der Waals surface area contributed by atoms with Crippen molar-refractivity contribution < 1.29 is 19.4 Å². The van der Waals surface area contributed by atoms with Crippen LogP contribution < -0.4 is 19.7 Å². The van der Waals surface area contributed by atoms with E-state index in [2.05, 4.69) is 15.2 Å². The minimum atomic E-state index is -0.0945. The second-order valence-corrected chi connectivity index (χ2v) is 7.86. The summed E-state index contributed by atoms with van der Waals surface area (Å²) in [4.78, 5) is 21.3. The number of nitrogens with one attached hydrogen (secondary N) is 1. The molecule has 0 unspecified atom stereocenters.